The highest BCUT2D eigenvalue weighted by Crippen LogP contribution is 2.42. The maximum absolute atomic E-state index is 13.0. The molecule has 2 fully saturated rings. The summed E-state index contributed by atoms with van der Waals surface area (Å²) in [5.74, 6) is 1.05. The van der Waals surface area contributed by atoms with Crippen LogP contribution in [-0.4, -0.2) is 47.4 Å². The molecule has 0 aliphatic carbocycles. The first-order valence-electron chi connectivity index (χ1n) is 9.71. The largest absolute Gasteiger partial charge is 0.480 e. The van der Waals surface area contributed by atoms with Crippen LogP contribution in [0.3, 0.4) is 0 Å². The minimum atomic E-state index is -0.0926. The molecule has 156 valence electrons. The van der Waals surface area contributed by atoms with Crippen molar-refractivity contribution in [2.24, 2.45) is 12.5 Å². The summed E-state index contributed by atoms with van der Waals surface area (Å²) in [6, 6.07) is 1.76. The van der Waals surface area contributed by atoms with E-state index in [2.05, 4.69) is 21.8 Å². The van der Waals surface area contributed by atoms with E-state index in [1.54, 1.807) is 30.1 Å². The van der Waals surface area contributed by atoms with E-state index in [0.717, 1.165) is 39.0 Å². The molecule has 4 heterocycles. The lowest BCUT2D eigenvalue weighted by atomic mass is 9.77. The van der Waals surface area contributed by atoms with E-state index >= 15 is 0 Å². The predicted molar refractivity (Wildman–Crippen MR) is 113 cm³/mol. The van der Waals surface area contributed by atoms with Gasteiger partial charge in [0.05, 0.1) is 30.9 Å². The second-order valence-electron chi connectivity index (χ2n) is 7.83. The fraction of sp³-hybridized carbons (Fsp3) is 0.550. The van der Waals surface area contributed by atoms with Crippen LogP contribution in [0, 0.1) is 5.41 Å². The second kappa shape index (κ2) is 8.16. The Balaban J connectivity index is 1.52. The molecule has 0 saturated carbocycles. The summed E-state index contributed by atoms with van der Waals surface area (Å²) in [7, 11) is 3.29. The van der Waals surface area contributed by atoms with Gasteiger partial charge in [-0.1, -0.05) is 23.4 Å². The number of piperidine rings is 1. The number of hydrogen-bond donors (Lipinski definition) is 0. The van der Waals surface area contributed by atoms with Crippen LogP contribution in [-0.2, 0) is 11.8 Å². The van der Waals surface area contributed by atoms with Gasteiger partial charge >= 0.3 is 0 Å². The van der Waals surface area contributed by atoms with Crippen LogP contribution in [0.2, 0.25) is 5.02 Å². The molecule has 4 rings (SSSR count). The van der Waals surface area contributed by atoms with Gasteiger partial charge in [0.2, 0.25) is 11.8 Å². The molecule has 0 unspecified atom stereocenters. The zero-order valence-electron chi connectivity index (χ0n) is 16.9. The minimum Gasteiger partial charge on any atom is -0.480 e. The van der Waals surface area contributed by atoms with Crippen LogP contribution < -0.4 is 15.2 Å². The Bertz CT molecular complexity index is 959. The lowest BCUT2D eigenvalue weighted by Gasteiger charge is -2.39. The molecule has 0 amide bonds. The van der Waals surface area contributed by atoms with E-state index < -0.39 is 0 Å². The maximum Gasteiger partial charge on any atom is 0.268 e. The van der Waals surface area contributed by atoms with Crippen LogP contribution in [0.4, 0.5) is 5.95 Å². The number of nitrogens with zero attached hydrogens (tertiary/aromatic N) is 4. The molecular formula is C20H25ClN4O3S. The Morgan fingerprint density at radius 1 is 1.31 bits per heavy atom. The first-order chi connectivity index (χ1) is 13.9. The number of methoxy groups -OCH3 is 1. The van der Waals surface area contributed by atoms with Crippen molar-refractivity contribution in [3.63, 3.8) is 0 Å². The van der Waals surface area contributed by atoms with Crippen molar-refractivity contribution in [2.45, 2.75) is 42.1 Å². The Labute approximate surface area is 179 Å². The van der Waals surface area contributed by atoms with Gasteiger partial charge in [0.1, 0.15) is 5.02 Å². The number of ether oxygens (including phenoxy) is 2. The number of aromatic nitrogens is 3. The van der Waals surface area contributed by atoms with Crippen molar-refractivity contribution in [2.75, 3.05) is 31.7 Å². The van der Waals surface area contributed by atoms with E-state index in [-0.39, 0.29) is 5.56 Å². The fourth-order valence-corrected chi connectivity index (χ4v) is 5.38. The van der Waals surface area contributed by atoms with Gasteiger partial charge in [0, 0.05) is 31.2 Å². The molecule has 29 heavy (non-hydrogen) atoms. The monoisotopic (exact) mass is 436 g/mol. The molecule has 2 aromatic rings. The molecule has 7 nitrogen and oxygen atoms in total. The van der Waals surface area contributed by atoms with Gasteiger partial charge in [-0.15, -0.1) is 0 Å². The maximum atomic E-state index is 13.0. The molecule has 2 aromatic heterocycles. The summed E-state index contributed by atoms with van der Waals surface area (Å²) in [5.41, 5.74) is 0.201. The summed E-state index contributed by atoms with van der Waals surface area (Å²) < 4.78 is 12.6. The van der Waals surface area contributed by atoms with Gasteiger partial charge in [-0.2, -0.15) is 0 Å². The number of hydrogen-bond acceptors (Lipinski definition) is 7. The summed E-state index contributed by atoms with van der Waals surface area (Å²) in [4.78, 5) is 25.1. The van der Waals surface area contributed by atoms with Crippen molar-refractivity contribution >= 4 is 29.3 Å². The summed E-state index contributed by atoms with van der Waals surface area (Å²) in [6.07, 6.45) is 6.84. The third-order valence-corrected chi connectivity index (χ3v) is 7.39. The molecule has 0 radical (unpaired) electrons. The quantitative estimate of drug-likeness (QED) is 0.727. The van der Waals surface area contributed by atoms with Crippen molar-refractivity contribution in [1.29, 1.82) is 0 Å². The van der Waals surface area contributed by atoms with Gasteiger partial charge in [-0.3, -0.25) is 9.36 Å². The van der Waals surface area contributed by atoms with Crippen LogP contribution in [0.15, 0.2) is 33.0 Å². The molecule has 0 aromatic carbocycles. The van der Waals surface area contributed by atoms with Crippen LogP contribution in [0.25, 0.3) is 0 Å². The highest BCUT2D eigenvalue weighted by Gasteiger charge is 2.41. The van der Waals surface area contributed by atoms with Crippen LogP contribution in [0.1, 0.15) is 26.2 Å². The average molecular weight is 437 g/mol. The SMILES string of the molecule is COc1nccc(Sc2cnc(N3CCC4(CC3)CO[C@@H](C)C4)n(C)c2=O)c1Cl. The smallest absolute Gasteiger partial charge is 0.268 e. The molecule has 0 N–H and O–H groups in total. The number of halogens is 1. The van der Waals surface area contributed by atoms with Gasteiger partial charge in [-0.25, -0.2) is 9.97 Å². The van der Waals surface area contributed by atoms with Crippen molar-refractivity contribution in [3.8, 4) is 5.88 Å². The molecule has 1 spiro atoms. The summed E-state index contributed by atoms with van der Waals surface area (Å²) in [6.45, 7) is 4.76. The summed E-state index contributed by atoms with van der Waals surface area (Å²) >= 11 is 7.59. The molecule has 9 heteroatoms. The van der Waals surface area contributed by atoms with E-state index in [1.165, 1.54) is 18.9 Å². The standard InChI is InChI=1S/C20H25ClN4O3S/c1-13-10-20(12-28-13)5-8-25(9-6-20)19-23-11-15(18(26)24(19)2)29-14-4-7-22-17(27-3)16(14)21/h4,7,11,13H,5-6,8-10,12H2,1-3H3/t13-/m0/s1. The van der Waals surface area contributed by atoms with Gasteiger partial charge in [-0.05, 0) is 37.7 Å². The molecule has 2 aliphatic heterocycles. The molecule has 1 atom stereocenters. The zero-order valence-corrected chi connectivity index (χ0v) is 18.4. The van der Waals surface area contributed by atoms with Crippen molar-refractivity contribution in [1.82, 2.24) is 14.5 Å². The lowest BCUT2D eigenvalue weighted by molar-refractivity contribution is 0.0974. The van der Waals surface area contributed by atoms with Gasteiger partial charge < -0.3 is 14.4 Å². The Hall–Kier alpha value is -1.77. The molecule has 0 bridgehead atoms. The third-order valence-electron chi connectivity index (χ3n) is 5.85. The van der Waals surface area contributed by atoms with Gasteiger partial charge in [0.15, 0.2) is 0 Å². The number of rotatable bonds is 4. The summed E-state index contributed by atoms with van der Waals surface area (Å²) in [5, 5.41) is 0.389. The van der Waals surface area contributed by atoms with Crippen LogP contribution in [0.5, 0.6) is 5.88 Å². The highest BCUT2D eigenvalue weighted by molar-refractivity contribution is 7.99. The topological polar surface area (TPSA) is 69.5 Å². The zero-order chi connectivity index (χ0) is 20.6. The molecule has 2 aliphatic rings. The van der Waals surface area contributed by atoms with Gasteiger partial charge in [0.25, 0.3) is 5.56 Å². The minimum absolute atomic E-state index is 0.0926. The first-order valence-corrected chi connectivity index (χ1v) is 10.9. The normalized spacial score (nSPS) is 21.0. The third kappa shape index (κ3) is 3.98. The van der Waals surface area contributed by atoms with E-state index in [0.29, 0.717) is 38.2 Å². The number of pyridine rings is 1. The average Bonchev–Trinajstić information content (AvgIpc) is 3.08. The van der Waals surface area contributed by atoms with Crippen molar-refractivity contribution in [3.05, 3.63) is 33.8 Å². The van der Waals surface area contributed by atoms with Crippen LogP contribution >= 0.6 is 23.4 Å². The van der Waals surface area contributed by atoms with Crippen molar-refractivity contribution < 1.29 is 9.47 Å². The first kappa shape index (κ1) is 20.5. The highest BCUT2D eigenvalue weighted by atomic mass is 35.5. The number of anilines is 1. The fourth-order valence-electron chi connectivity index (χ4n) is 4.20. The molecule has 2 saturated heterocycles. The van der Waals surface area contributed by atoms with E-state index in [1.807, 2.05) is 0 Å². The Morgan fingerprint density at radius 2 is 2.07 bits per heavy atom. The van der Waals surface area contributed by atoms with E-state index in [4.69, 9.17) is 21.1 Å². The van der Waals surface area contributed by atoms with E-state index in [9.17, 15) is 4.79 Å². The molecular weight excluding hydrogens is 412 g/mol. The second-order valence-corrected chi connectivity index (χ2v) is 9.30. The lowest BCUT2D eigenvalue weighted by Crippen LogP contribution is -2.43. The predicted octanol–water partition coefficient (Wildman–Crippen LogP) is 3.38. The Kier molecular flexibility index (Phi) is 5.77. The Morgan fingerprint density at radius 3 is 2.72 bits per heavy atom.